The van der Waals surface area contributed by atoms with Crippen LogP contribution in [-0.2, 0) is 4.79 Å². The van der Waals surface area contributed by atoms with Crippen molar-refractivity contribution in [3.63, 3.8) is 0 Å². The number of methoxy groups -OCH3 is 2. The van der Waals surface area contributed by atoms with Gasteiger partial charge >= 0.3 is 0 Å². The van der Waals surface area contributed by atoms with Crippen LogP contribution < -0.4 is 20.3 Å². The first-order valence-corrected chi connectivity index (χ1v) is 9.86. The van der Waals surface area contributed by atoms with Crippen molar-refractivity contribution in [2.45, 2.75) is 5.03 Å². The average Bonchev–Trinajstić information content (AvgIpc) is 2.73. The maximum Gasteiger partial charge on any atom is 0.287 e. The lowest BCUT2D eigenvalue weighted by molar-refractivity contribution is -0.113. The highest BCUT2D eigenvalue weighted by atomic mass is 35.5. The second-order valence-electron chi connectivity index (χ2n) is 5.79. The standard InChI is InChI=1S/C20H18ClN3O4S/c1-27-15-6-3-13(4-7-15)23-18(25)12-29-19-20(26)24(10-9-22-19)14-5-8-17(28-2)16(21)11-14/h3-11H,12H2,1-2H3,(H,23,25). The molecule has 0 unspecified atom stereocenters. The summed E-state index contributed by atoms with van der Waals surface area (Å²) in [5.74, 6) is 1.01. The van der Waals surface area contributed by atoms with Crippen LogP contribution in [0.4, 0.5) is 5.69 Å². The maximum atomic E-state index is 12.7. The number of benzene rings is 2. The van der Waals surface area contributed by atoms with Crippen molar-refractivity contribution < 1.29 is 14.3 Å². The Labute approximate surface area is 176 Å². The van der Waals surface area contributed by atoms with Crippen LogP contribution in [0.25, 0.3) is 5.69 Å². The number of hydrogen-bond acceptors (Lipinski definition) is 6. The quantitative estimate of drug-likeness (QED) is 0.575. The number of nitrogens with one attached hydrogen (secondary N) is 1. The van der Waals surface area contributed by atoms with Crippen molar-refractivity contribution in [2.24, 2.45) is 0 Å². The van der Waals surface area contributed by atoms with E-state index in [9.17, 15) is 9.59 Å². The van der Waals surface area contributed by atoms with Crippen molar-refractivity contribution in [1.29, 1.82) is 0 Å². The minimum Gasteiger partial charge on any atom is -0.497 e. The molecule has 0 aliphatic heterocycles. The molecule has 3 rings (SSSR count). The van der Waals surface area contributed by atoms with Crippen molar-refractivity contribution in [2.75, 3.05) is 25.3 Å². The second-order valence-corrected chi connectivity index (χ2v) is 7.16. The molecule has 0 fully saturated rings. The maximum absolute atomic E-state index is 12.7. The topological polar surface area (TPSA) is 82.4 Å². The molecule has 0 saturated carbocycles. The molecular formula is C20H18ClN3O4S. The SMILES string of the molecule is COc1ccc(NC(=O)CSc2nccn(-c3ccc(OC)c(Cl)c3)c2=O)cc1. The van der Waals surface area contributed by atoms with Gasteiger partial charge < -0.3 is 14.8 Å². The van der Waals surface area contributed by atoms with Crippen LogP contribution >= 0.6 is 23.4 Å². The summed E-state index contributed by atoms with van der Waals surface area (Å²) < 4.78 is 11.6. The summed E-state index contributed by atoms with van der Waals surface area (Å²) in [6.45, 7) is 0. The van der Waals surface area contributed by atoms with Gasteiger partial charge in [0.25, 0.3) is 5.56 Å². The number of aromatic nitrogens is 2. The molecule has 1 aromatic heterocycles. The Bertz CT molecular complexity index is 1070. The normalized spacial score (nSPS) is 10.4. The lowest BCUT2D eigenvalue weighted by atomic mass is 10.3. The van der Waals surface area contributed by atoms with Crippen LogP contribution in [0.2, 0.25) is 5.02 Å². The summed E-state index contributed by atoms with van der Waals surface area (Å²) in [6, 6.07) is 12.0. The molecule has 1 amide bonds. The summed E-state index contributed by atoms with van der Waals surface area (Å²) in [7, 11) is 3.09. The van der Waals surface area contributed by atoms with Crippen molar-refractivity contribution in [3.05, 3.63) is 70.2 Å². The molecule has 0 radical (unpaired) electrons. The number of anilines is 1. The van der Waals surface area contributed by atoms with Gasteiger partial charge in [0.2, 0.25) is 5.91 Å². The Morgan fingerprint density at radius 1 is 1.17 bits per heavy atom. The number of ether oxygens (including phenoxy) is 2. The van der Waals surface area contributed by atoms with E-state index in [1.807, 2.05) is 0 Å². The van der Waals surface area contributed by atoms with Gasteiger partial charge in [-0.3, -0.25) is 14.2 Å². The van der Waals surface area contributed by atoms with Crippen LogP contribution in [0.15, 0.2) is 64.7 Å². The number of nitrogens with zero attached hydrogens (tertiary/aromatic N) is 2. The van der Waals surface area contributed by atoms with Gasteiger partial charge in [-0.25, -0.2) is 4.98 Å². The molecule has 2 aromatic carbocycles. The van der Waals surface area contributed by atoms with E-state index in [4.69, 9.17) is 21.1 Å². The van der Waals surface area contributed by atoms with Gasteiger partial charge in [-0.1, -0.05) is 23.4 Å². The molecule has 3 aromatic rings. The highest BCUT2D eigenvalue weighted by Crippen LogP contribution is 2.26. The first kappa shape index (κ1) is 20.8. The monoisotopic (exact) mass is 431 g/mol. The van der Waals surface area contributed by atoms with Crippen LogP contribution in [0, 0.1) is 0 Å². The van der Waals surface area contributed by atoms with E-state index in [1.54, 1.807) is 55.8 Å². The number of amides is 1. The van der Waals surface area contributed by atoms with Crippen molar-refractivity contribution in [1.82, 2.24) is 9.55 Å². The minimum absolute atomic E-state index is 0.0433. The molecule has 0 atom stereocenters. The molecule has 0 saturated heterocycles. The van der Waals surface area contributed by atoms with E-state index in [0.717, 1.165) is 11.8 Å². The first-order chi connectivity index (χ1) is 14.0. The van der Waals surface area contributed by atoms with Crippen LogP contribution in [0.5, 0.6) is 11.5 Å². The lowest BCUT2D eigenvalue weighted by Crippen LogP contribution is -2.22. The third kappa shape index (κ3) is 5.10. The predicted octanol–water partition coefficient (Wildman–Crippen LogP) is 3.63. The predicted molar refractivity (Wildman–Crippen MR) is 114 cm³/mol. The smallest absolute Gasteiger partial charge is 0.287 e. The van der Waals surface area contributed by atoms with E-state index < -0.39 is 0 Å². The van der Waals surface area contributed by atoms with Gasteiger partial charge in [0.15, 0.2) is 5.03 Å². The van der Waals surface area contributed by atoms with E-state index in [-0.39, 0.29) is 22.2 Å². The van der Waals surface area contributed by atoms with Crippen molar-refractivity contribution >= 4 is 35.0 Å². The van der Waals surface area contributed by atoms with Gasteiger partial charge in [0.05, 0.1) is 30.7 Å². The van der Waals surface area contributed by atoms with E-state index in [1.165, 1.54) is 17.9 Å². The molecule has 0 bridgehead atoms. The largest absolute Gasteiger partial charge is 0.497 e. The summed E-state index contributed by atoms with van der Waals surface area (Å²) in [5, 5.41) is 3.37. The Balaban J connectivity index is 1.70. The summed E-state index contributed by atoms with van der Waals surface area (Å²) in [4.78, 5) is 29.0. The Kier molecular flexibility index (Phi) is 6.79. The molecule has 1 N–H and O–H groups in total. The molecule has 0 spiro atoms. The fourth-order valence-electron chi connectivity index (χ4n) is 2.51. The summed E-state index contributed by atoms with van der Waals surface area (Å²) in [5.41, 5.74) is 0.881. The minimum atomic E-state index is -0.337. The number of thioether (sulfide) groups is 1. The highest BCUT2D eigenvalue weighted by Gasteiger charge is 2.12. The van der Waals surface area contributed by atoms with Gasteiger partial charge in [0.1, 0.15) is 11.5 Å². The Morgan fingerprint density at radius 3 is 2.59 bits per heavy atom. The number of hydrogen-bond donors (Lipinski definition) is 1. The first-order valence-electron chi connectivity index (χ1n) is 8.50. The van der Waals surface area contributed by atoms with E-state index in [0.29, 0.717) is 27.9 Å². The third-order valence-electron chi connectivity index (χ3n) is 3.94. The van der Waals surface area contributed by atoms with Crippen LogP contribution in [-0.4, -0.2) is 35.4 Å². The van der Waals surface area contributed by atoms with Gasteiger partial charge in [-0.15, -0.1) is 0 Å². The molecule has 0 aliphatic rings. The molecule has 9 heteroatoms. The Morgan fingerprint density at radius 2 is 1.93 bits per heavy atom. The van der Waals surface area contributed by atoms with Gasteiger partial charge in [0, 0.05) is 18.1 Å². The van der Waals surface area contributed by atoms with Crippen LogP contribution in [0.3, 0.4) is 0 Å². The molecule has 0 aliphatic carbocycles. The summed E-state index contributed by atoms with van der Waals surface area (Å²) in [6.07, 6.45) is 3.05. The van der Waals surface area contributed by atoms with Gasteiger partial charge in [-0.2, -0.15) is 0 Å². The number of carbonyl (C=O) groups excluding carboxylic acids is 1. The molecule has 7 nitrogen and oxygen atoms in total. The van der Waals surface area contributed by atoms with E-state index >= 15 is 0 Å². The fourth-order valence-corrected chi connectivity index (χ4v) is 3.46. The van der Waals surface area contributed by atoms with E-state index in [2.05, 4.69) is 10.3 Å². The average molecular weight is 432 g/mol. The fraction of sp³-hybridized carbons (Fsp3) is 0.150. The zero-order valence-corrected chi connectivity index (χ0v) is 17.3. The number of halogens is 1. The second kappa shape index (κ2) is 9.49. The Hall–Kier alpha value is -2.97. The zero-order valence-electron chi connectivity index (χ0n) is 15.7. The summed E-state index contributed by atoms with van der Waals surface area (Å²) >= 11 is 7.21. The molecule has 29 heavy (non-hydrogen) atoms. The highest BCUT2D eigenvalue weighted by molar-refractivity contribution is 7.99. The third-order valence-corrected chi connectivity index (χ3v) is 5.19. The molecular weight excluding hydrogens is 414 g/mol. The van der Waals surface area contributed by atoms with Crippen molar-refractivity contribution in [3.8, 4) is 17.2 Å². The van der Waals surface area contributed by atoms with Gasteiger partial charge in [-0.05, 0) is 42.5 Å². The molecule has 1 heterocycles. The number of carbonyl (C=O) groups is 1. The van der Waals surface area contributed by atoms with Crippen LogP contribution in [0.1, 0.15) is 0 Å². The zero-order chi connectivity index (χ0) is 20.8. The number of rotatable bonds is 7. The molecule has 150 valence electrons. The lowest BCUT2D eigenvalue weighted by Gasteiger charge is -2.10.